The summed E-state index contributed by atoms with van der Waals surface area (Å²) in [6, 6.07) is 14.4. The molecule has 3 aromatic rings. The van der Waals surface area contributed by atoms with E-state index in [0.29, 0.717) is 17.1 Å². The van der Waals surface area contributed by atoms with Crippen LogP contribution in [0.1, 0.15) is 17.4 Å². The van der Waals surface area contributed by atoms with Crippen LogP contribution in [0, 0.1) is 5.82 Å². The first-order valence-corrected chi connectivity index (χ1v) is 8.65. The van der Waals surface area contributed by atoms with E-state index >= 15 is 0 Å². The molecule has 142 valence electrons. The smallest absolute Gasteiger partial charge is 0.274 e. The lowest BCUT2D eigenvalue weighted by Crippen LogP contribution is -2.13. The van der Waals surface area contributed by atoms with E-state index in [1.807, 2.05) is 6.07 Å². The monoisotopic (exact) mass is 398 g/mol. The van der Waals surface area contributed by atoms with E-state index in [1.54, 1.807) is 30.3 Å². The highest BCUT2D eigenvalue weighted by Crippen LogP contribution is 2.21. The maximum absolute atomic E-state index is 13.2. The molecule has 0 radical (unpaired) electrons. The molecule has 0 saturated carbocycles. The fourth-order valence-electron chi connectivity index (χ4n) is 2.42. The number of carbonyl (C=O) groups is 2. The minimum atomic E-state index is -0.559. The highest BCUT2D eigenvalue weighted by atomic mass is 35.5. The molecule has 0 unspecified atom stereocenters. The first-order chi connectivity index (χ1) is 13.4. The van der Waals surface area contributed by atoms with E-state index in [2.05, 4.69) is 20.9 Å². The zero-order chi connectivity index (χ0) is 20.1. The third-order valence-corrected chi connectivity index (χ3v) is 3.93. The van der Waals surface area contributed by atoms with Gasteiger partial charge in [-0.3, -0.25) is 9.59 Å². The maximum Gasteiger partial charge on any atom is 0.274 e. The number of pyridine rings is 1. The molecular formula is C20H16ClFN4O2. The summed E-state index contributed by atoms with van der Waals surface area (Å²) in [7, 11) is 0. The summed E-state index contributed by atoms with van der Waals surface area (Å²) in [4.78, 5) is 27.5. The summed E-state index contributed by atoms with van der Waals surface area (Å²) in [5, 5.41) is 8.38. The first kappa shape index (κ1) is 19.3. The second-order valence-electron chi connectivity index (χ2n) is 5.90. The lowest BCUT2D eigenvalue weighted by molar-refractivity contribution is -0.114. The third kappa shape index (κ3) is 5.05. The van der Waals surface area contributed by atoms with Crippen LogP contribution in [-0.2, 0) is 4.79 Å². The Morgan fingerprint density at radius 3 is 2.32 bits per heavy atom. The molecule has 0 atom stereocenters. The Morgan fingerprint density at radius 1 is 0.929 bits per heavy atom. The van der Waals surface area contributed by atoms with E-state index in [1.165, 1.54) is 31.3 Å². The number of benzene rings is 2. The van der Waals surface area contributed by atoms with Crippen molar-refractivity contribution in [1.82, 2.24) is 4.98 Å². The van der Waals surface area contributed by atoms with Crippen LogP contribution in [0.15, 0.2) is 60.8 Å². The number of aromatic nitrogens is 1. The summed E-state index contributed by atoms with van der Waals surface area (Å²) in [6.45, 7) is 1.44. The van der Waals surface area contributed by atoms with Crippen LogP contribution in [0.25, 0.3) is 0 Å². The van der Waals surface area contributed by atoms with Crippen LogP contribution in [0.5, 0.6) is 0 Å². The standard InChI is InChI=1S/C20H16ClFN4O2/c1-12(27)24-13-3-2-4-14(9-13)25-16-6-8-19(23-11-16)20(28)26-15-5-7-18(22)17(21)10-15/h2-11,25H,1H3,(H,24,27)(H,26,28). The molecule has 0 fully saturated rings. The van der Waals surface area contributed by atoms with Gasteiger partial charge in [0.2, 0.25) is 5.91 Å². The number of hydrogen-bond acceptors (Lipinski definition) is 4. The topological polar surface area (TPSA) is 83.1 Å². The second kappa shape index (κ2) is 8.49. The Labute approximate surface area is 165 Å². The lowest BCUT2D eigenvalue weighted by atomic mass is 10.2. The first-order valence-electron chi connectivity index (χ1n) is 8.28. The Balaban J connectivity index is 1.66. The predicted molar refractivity (Wildman–Crippen MR) is 108 cm³/mol. The number of rotatable bonds is 5. The van der Waals surface area contributed by atoms with Crippen LogP contribution >= 0.6 is 11.6 Å². The van der Waals surface area contributed by atoms with Crippen molar-refractivity contribution in [3.63, 3.8) is 0 Å². The molecule has 0 saturated heterocycles. The average molecular weight is 399 g/mol. The minimum Gasteiger partial charge on any atom is -0.354 e. The van der Waals surface area contributed by atoms with Crippen molar-refractivity contribution in [1.29, 1.82) is 0 Å². The number of anilines is 4. The van der Waals surface area contributed by atoms with Gasteiger partial charge in [0.1, 0.15) is 11.5 Å². The molecule has 1 aromatic heterocycles. The zero-order valence-corrected chi connectivity index (χ0v) is 15.5. The van der Waals surface area contributed by atoms with Crippen molar-refractivity contribution >= 4 is 46.2 Å². The van der Waals surface area contributed by atoms with Gasteiger partial charge >= 0.3 is 0 Å². The number of hydrogen-bond donors (Lipinski definition) is 3. The Morgan fingerprint density at radius 2 is 1.64 bits per heavy atom. The normalized spacial score (nSPS) is 10.2. The average Bonchev–Trinajstić information content (AvgIpc) is 2.65. The van der Waals surface area contributed by atoms with Gasteiger partial charge in [0.15, 0.2) is 0 Å². The minimum absolute atomic E-state index is 0.0770. The fraction of sp³-hybridized carbons (Fsp3) is 0.0500. The molecule has 8 heteroatoms. The summed E-state index contributed by atoms with van der Waals surface area (Å²) >= 11 is 5.71. The quantitative estimate of drug-likeness (QED) is 0.575. The van der Waals surface area contributed by atoms with Gasteiger partial charge in [-0.25, -0.2) is 9.37 Å². The number of amides is 2. The van der Waals surface area contributed by atoms with Crippen LogP contribution in [0.3, 0.4) is 0 Å². The third-order valence-electron chi connectivity index (χ3n) is 3.65. The van der Waals surface area contributed by atoms with E-state index in [0.717, 1.165) is 5.69 Å². The molecular weight excluding hydrogens is 383 g/mol. The van der Waals surface area contributed by atoms with Gasteiger partial charge in [-0.1, -0.05) is 17.7 Å². The van der Waals surface area contributed by atoms with Gasteiger partial charge in [0.25, 0.3) is 5.91 Å². The van der Waals surface area contributed by atoms with Crippen molar-refractivity contribution in [2.24, 2.45) is 0 Å². The Bertz CT molecular complexity index is 1020. The highest BCUT2D eigenvalue weighted by Gasteiger charge is 2.09. The van der Waals surface area contributed by atoms with Crippen molar-refractivity contribution in [3.8, 4) is 0 Å². The van der Waals surface area contributed by atoms with Crippen LogP contribution in [0.4, 0.5) is 27.1 Å². The molecule has 0 bridgehead atoms. The SMILES string of the molecule is CC(=O)Nc1cccc(Nc2ccc(C(=O)Nc3ccc(F)c(Cl)c3)nc2)c1. The van der Waals surface area contributed by atoms with Gasteiger partial charge in [-0.05, 0) is 48.5 Å². The molecule has 1 heterocycles. The molecule has 0 aliphatic rings. The van der Waals surface area contributed by atoms with Gasteiger partial charge in [-0.15, -0.1) is 0 Å². The number of nitrogens with zero attached hydrogens (tertiary/aromatic N) is 1. The second-order valence-corrected chi connectivity index (χ2v) is 6.31. The van der Waals surface area contributed by atoms with Crippen molar-refractivity contribution in [2.75, 3.05) is 16.0 Å². The van der Waals surface area contributed by atoms with E-state index in [9.17, 15) is 14.0 Å². The summed E-state index contributed by atoms with van der Waals surface area (Å²) in [6.07, 6.45) is 1.51. The van der Waals surface area contributed by atoms with Crippen LogP contribution in [0.2, 0.25) is 5.02 Å². The number of nitrogens with one attached hydrogen (secondary N) is 3. The van der Waals surface area contributed by atoms with Gasteiger partial charge < -0.3 is 16.0 Å². The largest absolute Gasteiger partial charge is 0.354 e. The molecule has 0 spiro atoms. The van der Waals surface area contributed by atoms with Crippen LogP contribution < -0.4 is 16.0 Å². The van der Waals surface area contributed by atoms with Gasteiger partial charge in [0.05, 0.1) is 16.9 Å². The summed E-state index contributed by atoms with van der Waals surface area (Å²) in [5.41, 5.74) is 2.65. The predicted octanol–water partition coefficient (Wildman–Crippen LogP) is 4.83. The number of carbonyl (C=O) groups excluding carboxylic acids is 2. The molecule has 2 amide bonds. The fourth-order valence-corrected chi connectivity index (χ4v) is 2.60. The lowest BCUT2D eigenvalue weighted by Gasteiger charge is -2.09. The van der Waals surface area contributed by atoms with Gasteiger partial charge in [-0.2, -0.15) is 0 Å². The van der Waals surface area contributed by atoms with Crippen LogP contribution in [-0.4, -0.2) is 16.8 Å². The van der Waals surface area contributed by atoms with Crippen molar-refractivity contribution in [3.05, 3.63) is 77.3 Å². The molecule has 2 aromatic carbocycles. The number of halogens is 2. The Kier molecular flexibility index (Phi) is 5.86. The molecule has 0 aliphatic carbocycles. The van der Waals surface area contributed by atoms with Crippen molar-refractivity contribution in [2.45, 2.75) is 6.92 Å². The Hall–Kier alpha value is -3.45. The van der Waals surface area contributed by atoms with E-state index < -0.39 is 11.7 Å². The van der Waals surface area contributed by atoms with E-state index in [-0.39, 0.29) is 16.6 Å². The molecule has 3 rings (SSSR count). The molecule has 3 N–H and O–H groups in total. The summed E-state index contributed by atoms with van der Waals surface area (Å²) in [5.74, 6) is -1.16. The molecule has 6 nitrogen and oxygen atoms in total. The molecule has 28 heavy (non-hydrogen) atoms. The van der Waals surface area contributed by atoms with E-state index in [4.69, 9.17) is 11.6 Å². The highest BCUT2D eigenvalue weighted by molar-refractivity contribution is 6.31. The van der Waals surface area contributed by atoms with Crippen molar-refractivity contribution < 1.29 is 14.0 Å². The maximum atomic E-state index is 13.2. The molecule has 0 aliphatic heterocycles. The summed E-state index contributed by atoms with van der Waals surface area (Å²) < 4.78 is 13.2. The zero-order valence-electron chi connectivity index (χ0n) is 14.8. The van der Waals surface area contributed by atoms with Gasteiger partial charge in [0, 0.05) is 24.0 Å².